The molecule has 0 aromatic carbocycles. The summed E-state index contributed by atoms with van der Waals surface area (Å²) in [5.74, 6) is -1.06. The number of rotatable bonds is 6. The molecular weight excluding hydrogens is 258 g/mol. The molecule has 1 unspecified atom stereocenters. The molecule has 0 saturated heterocycles. The molecule has 17 heavy (non-hydrogen) atoms. The third kappa shape index (κ3) is 4.18. The van der Waals surface area contributed by atoms with Crippen LogP contribution in [0.25, 0.3) is 0 Å². The molecule has 1 aromatic rings. The number of nitrogens with one attached hydrogen (secondary N) is 1. The molecule has 1 aromatic heterocycles. The van der Waals surface area contributed by atoms with Gasteiger partial charge in [-0.05, 0) is 20.1 Å². The largest absolute Gasteiger partial charge is 0.480 e. The van der Waals surface area contributed by atoms with Crippen molar-refractivity contribution >= 4 is 34.2 Å². The van der Waals surface area contributed by atoms with E-state index in [9.17, 15) is 4.79 Å². The van der Waals surface area contributed by atoms with Crippen molar-refractivity contribution in [3.63, 3.8) is 0 Å². The van der Waals surface area contributed by atoms with Gasteiger partial charge in [0.25, 0.3) is 0 Å². The third-order valence-electron chi connectivity index (χ3n) is 2.32. The van der Waals surface area contributed by atoms with Gasteiger partial charge >= 0.3 is 5.97 Å². The topological polar surface area (TPSA) is 88.2 Å². The van der Waals surface area contributed by atoms with Gasteiger partial charge in [0.1, 0.15) is 6.04 Å². The van der Waals surface area contributed by atoms with Crippen molar-refractivity contribution in [2.24, 2.45) is 5.73 Å². The van der Waals surface area contributed by atoms with Crippen LogP contribution in [0.1, 0.15) is 25.6 Å². The van der Waals surface area contributed by atoms with Gasteiger partial charge in [0, 0.05) is 16.7 Å². The lowest BCUT2D eigenvalue weighted by atomic mass is 10.2. The number of carboxylic acids is 1. The van der Waals surface area contributed by atoms with Crippen LogP contribution in [0.15, 0.2) is 5.38 Å². The fourth-order valence-corrected chi connectivity index (χ4v) is 1.96. The lowest BCUT2D eigenvalue weighted by Crippen LogP contribution is -2.26. The number of carbonyl (C=O) groups is 1. The Morgan fingerprint density at radius 2 is 2.41 bits per heavy atom. The Hall–Kier alpha value is -0.790. The first kappa shape index (κ1) is 14.3. The summed E-state index contributed by atoms with van der Waals surface area (Å²) in [7, 11) is 0. The Labute approximate surface area is 109 Å². The summed E-state index contributed by atoms with van der Waals surface area (Å²) in [4.78, 5) is 14.8. The van der Waals surface area contributed by atoms with E-state index in [1.54, 1.807) is 17.1 Å². The van der Waals surface area contributed by atoms with Gasteiger partial charge in [-0.3, -0.25) is 4.79 Å². The average molecular weight is 275 g/mol. The molecule has 7 heteroatoms. The molecular formula is C10H17N3O2S2. The Kier molecular flexibility index (Phi) is 4.79. The highest BCUT2D eigenvalue weighted by Gasteiger charge is 2.19. The van der Waals surface area contributed by atoms with Crippen LogP contribution in [0.3, 0.4) is 0 Å². The van der Waals surface area contributed by atoms with E-state index >= 15 is 0 Å². The minimum absolute atomic E-state index is 0.112. The van der Waals surface area contributed by atoms with Crippen LogP contribution in [0, 0.1) is 0 Å². The second kappa shape index (κ2) is 5.70. The summed E-state index contributed by atoms with van der Waals surface area (Å²) in [6.45, 7) is 5.02. The fourth-order valence-electron chi connectivity index (χ4n) is 0.997. The van der Waals surface area contributed by atoms with Gasteiger partial charge in [-0.15, -0.1) is 11.3 Å². The molecule has 0 amide bonds. The van der Waals surface area contributed by atoms with Crippen LogP contribution < -0.4 is 11.1 Å². The second-order valence-electron chi connectivity index (χ2n) is 4.21. The van der Waals surface area contributed by atoms with Crippen molar-refractivity contribution in [3.8, 4) is 0 Å². The van der Waals surface area contributed by atoms with Crippen LogP contribution in [0.4, 0.5) is 5.13 Å². The number of hydrogen-bond donors (Lipinski definition) is 3. The highest BCUT2D eigenvalue weighted by Crippen LogP contribution is 2.24. The van der Waals surface area contributed by atoms with Gasteiger partial charge in [-0.1, -0.05) is 0 Å². The number of carboxylic acid groups (broad SMARTS) is 1. The molecule has 0 bridgehead atoms. The normalized spacial score (nSPS) is 13.4. The van der Waals surface area contributed by atoms with Crippen LogP contribution in [-0.4, -0.2) is 33.6 Å². The molecule has 96 valence electrons. The molecule has 1 atom stereocenters. The maximum atomic E-state index is 10.7. The first-order chi connectivity index (χ1) is 7.85. The number of anilines is 1. The van der Waals surface area contributed by atoms with Gasteiger partial charge in [-0.2, -0.15) is 11.8 Å². The number of nitrogens with two attached hydrogens (primary N) is 1. The molecule has 0 aliphatic rings. The number of hydrogen-bond acceptors (Lipinski definition) is 6. The first-order valence-corrected chi connectivity index (χ1v) is 7.19. The zero-order chi connectivity index (χ0) is 13.1. The Morgan fingerprint density at radius 1 is 1.76 bits per heavy atom. The summed E-state index contributed by atoms with van der Waals surface area (Å²) >= 11 is 3.13. The highest BCUT2D eigenvalue weighted by molar-refractivity contribution is 7.99. The summed E-state index contributed by atoms with van der Waals surface area (Å²) in [6, 6.07) is -1.05. The number of thioether (sulfide) groups is 1. The Morgan fingerprint density at radius 3 is 2.94 bits per heavy atom. The molecule has 0 fully saturated rings. The summed E-state index contributed by atoms with van der Waals surface area (Å²) < 4.78 is 0.112. The minimum Gasteiger partial charge on any atom is -0.480 e. The summed E-state index contributed by atoms with van der Waals surface area (Å²) in [5.41, 5.74) is 5.87. The predicted molar refractivity (Wildman–Crippen MR) is 72.8 cm³/mol. The van der Waals surface area contributed by atoms with Crippen molar-refractivity contribution in [2.75, 3.05) is 18.1 Å². The highest BCUT2D eigenvalue weighted by atomic mass is 32.2. The number of thiazole rings is 1. The van der Waals surface area contributed by atoms with Gasteiger partial charge in [0.05, 0.1) is 5.69 Å². The number of aliphatic carboxylic acids is 1. The number of nitrogens with zero attached hydrogens (tertiary/aromatic N) is 1. The van der Waals surface area contributed by atoms with E-state index < -0.39 is 12.0 Å². The van der Waals surface area contributed by atoms with E-state index in [4.69, 9.17) is 10.8 Å². The zero-order valence-electron chi connectivity index (χ0n) is 10.1. The SMILES string of the molecule is CSC(C)(C)CNc1nc(C(N)C(=O)O)cs1. The molecule has 1 rings (SSSR count). The summed E-state index contributed by atoms with van der Waals surface area (Å²) in [5, 5.41) is 14.3. The summed E-state index contributed by atoms with van der Waals surface area (Å²) in [6.07, 6.45) is 2.05. The molecule has 0 aliphatic heterocycles. The maximum absolute atomic E-state index is 10.7. The van der Waals surface area contributed by atoms with Gasteiger partial charge in [0.2, 0.25) is 0 Å². The van der Waals surface area contributed by atoms with Gasteiger partial charge in [0.15, 0.2) is 5.13 Å². The average Bonchev–Trinajstić information content (AvgIpc) is 2.74. The molecule has 0 spiro atoms. The molecule has 4 N–H and O–H groups in total. The van der Waals surface area contributed by atoms with E-state index in [0.29, 0.717) is 10.8 Å². The van der Waals surface area contributed by atoms with Crippen molar-refractivity contribution in [1.29, 1.82) is 0 Å². The monoisotopic (exact) mass is 275 g/mol. The minimum atomic E-state index is -1.06. The Balaban J connectivity index is 2.60. The molecule has 0 aliphatic carbocycles. The van der Waals surface area contributed by atoms with Gasteiger partial charge < -0.3 is 16.2 Å². The molecule has 5 nitrogen and oxygen atoms in total. The lowest BCUT2D eigenvalue weighted by Gasteiger charge is -2.21. The van der Waals surface area contributed by atoms with E-state index in [1.807, 2.05) is 0 Å². The standard InChI is InChI=1S/C10H17N3O2S2/c1-10(2,16-3)5-12-9-13-6(4-17-9)7(11)8(14)15/h4,7H,5,11H2,1-3H3,(H,12,13)(H,14,15). The van der Waals surface area contributed by atoms with Crippen LogP contribution in [-0.2, 0) is 4.79 Å². The molecule has 0 saturated carbocycles. The van der Waals surface area contributed by atoms with E-state index in [2.05, 4.69) is 30.4 Å². The van der Waals surface area contributed by atoms with Crippen LogP contribution in [0.2, 0.25) is 0 Å². The van der Waals surface area contributed by atoms with Crippen molar-refractivity contribution in [3.05, 3.63) is 11.1 Å². The zero-order valence-corrected chi connectivity index (χ0v) is 11.7. The fraction of sp³-hybridized carbons (Fsp3) is 0.600. The van der Waals surface area contributed by atoms with Crippen LogP contribution >= 0.6 is 23.1 Å². The van der Waals surface area contributed by atoms with E-state index in [-0.39, 0.29) is 4.75 Å². The molecule has 1 heterocycles. The van der Waals surface area contributed by atoms with Crippen molar-refractivity contribution in [2.45, 2.75) is 24.6 Å². The quantitative estimate of drug-likeness (QED) is 0.733. The predicted octanol–water partition coefficient (Wildman–Crippen LogP) is 1.78. The van der Waals surface area contributed by atoms with Crippen molar-refractivity contribution in [1.82, 2.24) is 4.98 Å². The van der Waals surface area contributed by atoms with Gasteiger partial charge in [-0.25, -0.2) is 4.98 Å². The van der Waals surface area contributed by atoms with Crippen LogP contribution in [0.5, 0.6) is 0 Å². The smallest absolute Gasteiger partial charge is 0.326 e. The maximum Gasteiger partial charge on any atom is 0.326 e. The first-order valence-electron chi connectivity index (χ1n) is 5.08. The van der Waals surface area contributed by atoms with E-state index in [1.165, 1.54) is 11.3 Å². The Bertz CT molecular complexity index is 393. The van der Waals surface area contributed by atoms with Crippen molar-refractivity contribution < 1.29 is 9.90 Å². The number of aromatic nitrogens is 1. The molecule has 0 radical (unpaired) electrons. The second-order valence-corrected chi connectivity index (χ2v) is 6.58. The third-order valence-corrected chi connectivity index (χ3v) is 4.39. The lowest BCUT2D eigenvalue weighted by molar-refractivity contribution is -0.138. The van der Waals surface area contributed by atoms with E-state index in [0.717, 1.165) is 6.54 Å².